The van der Waals surface area contributed by atoms with E-state index in [0.29, 0.717) is 42.9 Å². The van der Waals surface area contributed by atoms with Gasteiger partial charge in [-0.15, -0.1) is 0 Å². The van der Waals surface area contributed by atoms with Crippen LogP contribution in [0.4, 0.5) is 10.6 Å². The topological polar surface area (TPSA) is 127 Å². The van der Waals surface area contributed by atoms with E-state index >= 15 is 0 Å². The van der Waals surface area contributed by atoms with Gasteiger partial charge >= 0.3 is 6.03 Å². The van der Waals surface area contributed by atoms with Crippen LogP contribution in [0.25, 0.3) is 5.95 Å². The number of carbonyl (C=O) groups excluding carboxylic acids is 2. The second kappa shape index (κ2) is 13.3. The zero-order valence-electron chi connectivity index (χ0n) is 23.7. The summed E-state index contributed by atoms with van der Waals surface area (Å²) in [5.41, 5.74) is 0.815. The van der Waals surface area contributed by atoms with Gasteiger partial charge < -0.3 is 29.9 Å². The number of carbonyl (C=O) groups is 2. The summed E-state index contributed by atoms with van der Waals surface area (Å²) in [6.07, 6.45) is 12.5. The average molecular weight is 563 g/mol. The molecule has 0 radical (unpaired) electrons. The molecule has 1 aliphatic carbocycles. The molecule has 1 unspecified atom stereocenters. The highest BCUT2D eigenvalue weighted by Crippen LogP contribution is 2.25. The molecule has 218 valence electrons. The summed E-state index contributed by atoms with van der Waals surface area (Å²) in [7, 11) is 3.20. The van der Waals surface area contributed by atoms with Crippen LogP contribution in [-0.4, -0.2) is 82.3 Å². The standard InChI is InChI=1S/C29H38N8O4/c1-40-24-8-9-25(41-2)21(16-24)18-32-27(38)17-23-19-35(29(39)33-22-6-4-3-5-7-22)14-15-37(23)26-10-11-31-28(34-26)36-13-12-30-20-36/h8-13,16,20,22-23H,3-7,14-15,17-19H2,1-2H3,(H,32,38)(H,33,39). The zero-order chi connectivity index (χ0) is 28.6. The number of urea groups is 1. The number of benzene rings is 1. The summed E-state index contributed by atoms with van der Waals surface area (Å²) in [5.74, 6) is 2.41. The van der Waals surface area contributed by atoms with Crippen molar-refractivity contribution in [3.63, 3.8) is 0 Å². The van der Waals surface area contributed by atoms with Gasteiger partial charge in [-0.1, -0.05) is 19.3 Å². The van der Waals surface area contributed by atoms with Crippen molar-refractivity contribution in [3.05, 3.63) is 54.7 Å². The van der Waals surface area contributed by atoms with E-state index in [0.717, 1.165) is 31.2 Å². The molecule has 12 nitrogen and oxygen atoms in total. The van der Waals surface area contributed by atoms with Gasteiger partial charge in [-0.2, -0.15) is 4.98 Å². The number of hydrogen-bond acceptors (Lipinski definition) is 8. The molecule has 1 saturated carbocycles. The van der Waals surface area contributed by atoms with Crippen molar-refractivity contribution in [2.45, 2.75) is 57.2 Å². The number of amides is 3. The average Bonchev–Trinajstić information content (AvgIpc) is 3.56. The molecule has 1 atom stereocenters. The van der Waals surface area contributed by atoms with E-state index in [1.165, 1.54) is 6.42 Å². The van der Waals surface area contributed by atoms with Gasteiger partial charge in [0.05, 0.1) is 20.3 Å². The lowest BCUT2D eigenvalue weighted by atomic mass is 9.96. The summed E-state index contributed by atoms with van der Waals surface area (Å²) in [5, 5.41) is 6.24. The number of methoxy groups -OCH3 is 2. The van der Waals surface area contributed by atoms with E-state index < -0.39 is 0 Å². The van der Waals surface area contributed by atoms with Gasteiger partial charge in [-0.25, -0.2) is 14.8 Å². The summed E-state index contributed by atoms with van der Waals surface area (Å²) in [6, 6.07) is 7.19. The first-order chi connectivity index (χ1) is 20.0. The van der Waals surface area contributed by atoms with Gasteiger partial charge in [0, 0.05) is 62.8 Å². The number of hydrogen-bond donors (Lipinski definition) is 2. The molecule has 41 heavy (non-hydrogen) atoms. The van der Waals surface area contributed by atoms with Gasteiger partial charge in [-0.05, 0) is 37.1 Å². The maximum absolute atomic E-state index is 13.3. The van der Waals surface area contributed by atoms with Crippen molar-refractivity contribution >= 4 is 17.8 Å². The third kappa shape index (κ3) is 7.05. The molecule has 2 aromatic heterocycles. The van der Waals surface area contributed by atoms with Crippen LogP contribution in [0, 0.1) is 0 Å². The first-order valence-corrected chi connectivity index (χ1v) is 14.1. The van der Waals surface area contributed by atoms with E-state index in [-0.39, 0.29) is 37.0 Å². The van der Waals surface area contributed by atoms with E-state index in [4.69, 9.17) is 14.5 Å². The Balaban J connectivity index is 1.31. The first kappa shape index (κ1) is 28.2. The maximum atomic E-state index is 13.3. The largest absolute Gasteiger partial charge is 0.497 e. The Hall–Kier alpha value is -4.35. The fraction of sp³-hybridized carbons (Fsp3) is 0.483. The molecular weight excluding hydrogens is 524 g/mol. The lowest BCUT2D eigenvalue weighted by Crippen LogP contribution is -2.59. The van der Waals surface area contributed by atoms with E-state index in [1.54, 1.807) is 43.7 Å². The molecule has 3 aromatic rings. The summed E-state index contributed by atoms with van der Waals surface area (Å²) < 4.78 is 12.5. The molecular formula is C29H38N8O4. The number of rotatable bonds is 9. The van der Waals surface area contributed by atoms with Crippen LogP contribution in [0.3, 0.4) is 0 Å². The Kier molecular flexibility index (Phi) is 9.17. The van der Waals surface area contributed by atoms with Crippen LogP contribution < -0.4 is 25.0 Å². The molecule has 1 aliphatic heterocycles. The molecule has 2 N–H and O–H groups in total. The van der Waals surface area contributed by atoms with Gasteiger partial charge in [0.15, 0.2) is 0 Å². The fourth-order valence-corrected chi connectivity index (χ4v) is 5.53. The van der Waals surface area contributed by atoms with E-state index in [9.17, 15) is 9.59 Å². The highest BCUT2D eigenvalue weighted by atomic mass is 16.5. The molecule has 0 bridgehead atoms. The van der Waals surface area contributed by atoms with Crippen molar-refractivity contribution < 1.29 is 19.1 Å². The minimum Gasteiger partial charge on any atom is -0.497 e. The van der Waals surface area contributed by atoms with E-state index in [2.05, 4.69) is 25.5 Å². The highest BCUT2D eigenvalue weighted by Gasteiger charge is 2.33. The van der Waals surface area contributed by atoms with Crippen LogP contribution in [0.15, 0.2) is 49.2 Å². The molecule has 5 rings (SSSR count). The Morgan fingerprint density at radius 1 is 1.05 bits per heavy atom. The Labute approximate surface area is 240 Å². The van der Waals surface area contributed by atoms with Gasteiger partial charge in [0.2, 0.25) is 11.9 Å². The zero-order valence-corrected chi connectivity index (χ0v) is 23.7. The molecule has 0 spiro atoms. The Bertz CT molecular complexity index is 1310. The van der Waals surface area contributed by atoms with Crippen molar-refractivity contribution in [2.24, 2.45) is 0 Å². The van der Waals surface area contributed by atoms with Gasteiger partial charge in [0.1, 0.15) is 23.6 Å². The third-order valence-electron chi connectivity index (χ3n) is 7.75. The fourth-order valence-electron chi connectivity index (χ4n) is 5.53. The molecule has 1 saturated heterocycles. The summed E-state index contributed by atoms with van der Waals surface area (Å²) in [6.45, 7) is 1.76. The molecule has 12 heteroatoms. The van der Waals surface area contributed by atoms with Gasteiger partial charge in [0.25, 0.3) is 0 Å². The van der Waals surface area contributed by atoms with Crippen LogP contribution in [0.1, 0.15) is 44.1 Å². The predicted octanol–water partition coefficient (Wildman–Crippen LogP) is 2.92. The number of aromatic nitrogens is 4. The lowest BCUT2D eigenvalue weighted by Gasteiger charge is -2.42. The van der Waals surface area contributed by atoms with Crippen molar-refractivity contribution in [1.82, 2.24) is 35.1 Å². The number of imidazole rings is 1. The second-order valence-corrected chi connectivity index (χ2v) is 10.4. The molecule has 2 fully saturated rings. The highest BCUT2D eigenvalue weighted by molar-refractivity contribution is 5.78. The van der Waals surface area contributed by atoms with Crippen molar-refractivity contribution in [3.8, 4) is 17.4 Å². The number of ether oxygens (including phenoxy) is 2. The number of anilines is 1. The summed E-state index contributed by atoms with van der Waals surface area (Å²) in [4.78, 5) is 43.7. The third-order valence-corrected chi connectivity index (χ3v) is 7.75. The van der Waals surface area contributed by atoms with Crippen LogP contribution in [0.5, 0.6) is 11.5 Å². The Morgan fingerprint density at radius 2 is 1.90 bits per heavy atom. The minimum absolute atomic E-state index is 0.0649. The number of piperazine rings is 1. The quantitative estimate of drug-likeness (QED) is 0.408. The normalized spacial score (nSPS) is 17.7. The van der Waals surface area contributed by atoms with Crippen molar-refractivity contribution in [2.75, 3.05) is 38.8 Å². The SMILES string of the molecule is COc1ccc(OC)c(CNC(=O)CC2CN(C(=O)NC3CCCCC3)CCN2c2ccnc(-n3ccnc3)n2)c1. The van der Waals surface area contributed by atoms with Crippen LogP contribution >= 0.6 is 0 Å². The number of nitrogens with one attached hydrogen (secondary N) is 2. The monoisotopic (exact) mass is 562 g/mol. The van der Waals surface area contributed by atoms with Crippen LogP contribution in [-0.2, 0) is 11.3 Å². The molecule has 3 amide bonds. The smallest absolute Gasteiger partial charge is 0.317 e. The maximum Gasteiger partial charge on any atom is 0.317 e. The molecule has 1 aromatic carbocycles. The van der Waals surface area contributed by atoms with Gasteiger partial charge in [-0.3, -0.25) is 9.36 Å². The first-order valence-electron chi connectivity index (χ1n) is 14.1. The Morgan fingerprint density at radius 3 is 2.66 bits per heavy atom. The molecule has 2 aliphatic rings. The number of nitrogens with zero attached hydrogens (tertiary/aromatic N) is 6. The van der Waals surface area contributed by atoms with Crippen LogP contribution in [0.2, 0.25) is 0 Å². The lowest BCUT2D eigenvalue weighted by molar-refractivity contribution is -0.121. The second-order valence-electron chi connectivity index (χ2n) is 10.4. The minimum atomic E-state index is -0.279. The summed E-state index contributed by atoms with van der Waals surface area (Å²) >= 11 is 0. The molecule has 3 heterocycles. The van der Waals surface area contributed by atoms with Crippen molar-refractivity contribution in [1.29, 1.82) is 0 Å². The predicted molar refractivity (Wildman–Crippen MR) is 153 cm³/mol. The van der Waals surface area contributed by atoms with E-state index in [1.807, 2.05) is 29.2 Å².